The topological polar surface area (TPSA) is 3.24 Å². The lowest BCUT2D eigenvalue weighted by Gasteiger charge is -2.61. The van der Waals surface area contributed by atoms with Gasteiger partial charge >= 0.3 is 0 Å². The molecule has 16 rings (SSSR count). The predicted octanol–water partition coefficient (Wildman–Crippen LogP) is 19.0. The molecule has 0 unspecified atom stereocenters. The lowest BCUT2D eigenvalue weighted by atomic mass is 9.43. The molecule has 5 aliphatic carbocycles. The molecule has 4 fully saturated rings. The molecule has 0 heterocycles. The Morgan fingerprint density at radius 2 is 0.732 bits per heavy atom. The average molecular weight is 908 g/mol. The molecule has 0 aliphatic heterocycles. The van der Waals surface area contributed by atoms with Crippen LogP contribution in [0, 0.1) is 23.7 Å². The number of hydrogen-bond acceptors (Lipinski definition) is 1. The van der Waals surface area contributed by atoms with Crippen molar-refractivity contribution in [2.75, 3.05) is 4.90 Å². The van der Waals surface area contributed by atoms with Crippen LogP contribution in [0.1, 0.15) is 43.2 Å². The molecular formula is C70H53N. The molecule has 11 aromatic carbocycles. The number of nitrogens with zero attached hydrogens (tertiary/aromatic N) is 1. The van der Waals surface area contributed by atoms with Crippen molar-refractivity contribution in [3.63, 3.8) is 0 Å². The fraction of sp³-hybridized carbons (Fsp3) is 0.143. The Morgan fingerprint density at radius 1 is 0.282 bits per heavy atom. The van der Waals surface area contributed by atoms with Crippen molar-refractivity contribution < 1.29 is 0 Å². The Labute approximate surface area is 416 Å². The first-order chi connectivity index (χ1) is 35.1. The fourth-order valence-electron chi connectivity index (χ4n) is 14.7. The maximum Gasteiger partial charge on any atom is 0.0462 e. The van der Waals surface area contributed by atoms with Crippen molar-refractivity contribution in [2.24, 2.45) is 23.7 Å². The van der Waals surface area contributed by atoms with E-state index in [0.717, 1.165) is 40.7 Å². The molecule has 0 saturated heterocycles. The van der Waals surface area contributed by atoms with E-state index >= 15 is 0 Å². The minimum atomic E-state index is 0.179. The van der Waals surface area contributed by atoms with E-state index in [2.05, 4.69) is 241 Å². The third-order valence-electron chi connectivity index (χ3n) is 17.6. The van der Waals surface area contributed by atoms with Crippen molar-refractivity contribution in [3.05, 3.63) is 248 Å². The van der Waals surface area contributed by atoms with Crippen LogP contribution < -0.4 is 4.90 Å². The van der Waals surface area contributed by atoms with Crippen LogP contribution in [0.15, 0.2) is 237 Å². The summed E-state index contributed by atoms with van der Waals surface area (Å²) in [6.07, 6.45) is 7.11. The van der Waals surface area contributed by atoms with E-state index in [4.69, 9.17) is 0 Å². The molecule has 0 aromatic heterocycles. The van der Waals surface area contributed by atoms with E-state index in [9.17, 15) is 0 Å². The van der Waals surface area contributed by atoms with Gasteiger partial charge in [-0.3, -0.25) is 0 Å². The number of benzene rings is 11. The van der Waals surface area contributed by atoms with Gasteiger partial charge in [-0.2, -0.15) is 0 Å². The first kappa shape index (κ1) is 40.8. The highest BCUT2D eigenvalue weighted by molar-refractivity contribution is 6.13. The summed E-state index contributed by atoms with van der Waals surface area (Å²) >= 11 is 0. The van der Waals surface area contributed by atoms with Gasteiger partial charge in [0.15, 0.2) is 0 Å². The molecule has 0 radical (unpaired) electrons. The van der Waals surface area contributed by atoms with Gasteiger partial charge in [-0.25, -0.2) is 0 Å². The summed E-state index contributed by atoms with van der Waals surface area (Å²) in [4.78, 5) is 2.39. The van der Waals surface area contributed by atoms with Gasteiger partial charge in [0.25, 0.3) is 0 Å². The third kappa shape index (κ3) is 6.45. The van der Waals surface area contributed by atoms with Gasteiger partial charge in [0.1, 0.15) is 0 Å². The highest BCUT2D eigenvalue weighted by atomic mass is 15.1. The molecule has 1 heteroatoms. The van der Waals surface area contributed by atoms with Crippen LogP contribution in [-0.2, 0) is 5.41 Å². The van der Waals surface area contributed by atoms with E-state index in [1.807, 2.05) is 0 Å². The minimum Gasteiger partial charge on any atom is -0.311 e. The summed E-state index contributed by atoms with van der Waals surface area (Å²) < 4.78 is 0. The van der Waals surface area contributed by atoms with Crippen molar-refractivity contribution in [3.8, 4) is 55.6 Å². The predicted molar refractivity (Wildman–Crippen MR) is 299 cm³/mol. The molecule has 338 valence electrons. The smallest absolute Gasteiger partial charge is 0.0462 e. The Kier molecular flexibility index (Phi) is 9.22. The highest BCUT2D eigenvalue weighted by Gasteiger charge is 2.61. The van der Waals surface area contributed by atoms with Crippen LogP contribution in [0.2, 0.25) is 0 Å². The largest absolute Gasteiger partial charge is 0.311 e. The summed E-state index contributed by atoms with van der Waals surface area (Å²) in [5.41, 5.74) is 19.7. The van der Waals surface area contributed by atoms with Gasteiger partial charge in [-0.05, 0) is 209 Å². The van der Waals surface area contributed by atoms with Crippen molar-refractivity contribution in [1.29, 1.82) is 0 Å². The fourth-order valence-corrected chi connectivity index (χ4v) is 14.7. The molecule has 1 spiro atoms. The SMILES string of the molecule is c1ccc2c(c1)-c1ccc(-c3ccc(-c4ccc(N(c5ccc(-c6ccc7ccccc7c6)cc5)c5ccc(-c6cc7ccccc7c7ccccc67)cc5)cc4)cc3)cc1C21C2CC3CC(C2)CC1C3. The lowest BCUT2D eigenvalue weighted by Crippen LogP contribution is -2.55. The van der Waals surface area contributed by atoms with Gasteiger partial charge in [0.2, 0.25) is 0 Å². The zero-order valence-corrected chi connectivity index (χ0v) is 39.8. The molecule has 0 N–H and O–H groups in total. The molecule has 1 nitrogen and oxygen atoms in total. The third-order valence-corrected chi connectivity index (χ3v) is 17.6. The molecule has 0 amide bonds. The number of fused-ring (bicyclic) bond motifs is 7. The van der Waals surface area contributed by atoms with Crippen LogP contribution in [-0.4, -0.2) is 0 Å². The average Bonchev–Trinajstić information content (AvgIpc) is 3.72. The maximum atomic E-state index is 2.61. The van der Waals surface area contributed by atoms with Crippen LogP contribution in [0.5, 0.6) is 0 Å². The quantitative estimate of drug-likeness (QED) is 0.144. The van der Waals surface area contributed by atoms with E-state index < -0.39 is 0 Å². The van der Waals surface area contributed by atoms with Crippen molar-refractivity contribution in [1.82, 2.24) is 0 Å². The lowest BCUT2D eigenvalue weighted by molar-refractivity contribution is -0.0399. The van der Waals surface area contributed by atoms with E-state index in [0.29, 0.717) is 0 Å². The normalized spacial score (nSPS) is 20.5. The molecule has 71 heavy (non-hydrogen) atoms. The van der Waals surface area contributed by atoms with E-state index in [-0.39, 0.29) is 5.41 Å². The molecular weight excluding hydrogens is 855 g/mol. The van der Waals surface area contributed by atoms with Gasteiger partial charge in [0, 0.05) is 22.5 Å². The van der Waals surface area contributed by atoms with Gasteiger partial charge in [-0.15, -0.1) is 0 Å². The van der Waals surface area contributed by atoms with Gasteiger partial charge in [-0.1, -0.05) is 182 Å². The highest BCUT2D eigenvalue weighted by Crippen LogP contribution is 2.69. The monoisotopic (exact) mass is 907 g/mol. The Balaban J connectivity index is 0.762. The Bertz CT molecular complexity index is 3830. The summed E-state index contributed by atoms with van der Waals surface area (Å²) in [5.74, 6) is 3.41. The van der Waals surface area contributed by atoms with Crippen molar-refractivity contribution in [2.45, 2.75) is 37.5 Å². The molecule has 11 aromatic rings. The zero-order chi connectivity index (χ0) is 46.6. The summed E-state index contributed by atoms with van der Waals surface area (Å²) in [6, 6.07) is 88.9. The summed E-state index contributed by atoms with van der Waals surface area (Å²) in [6.45, 7) is 0. The molecule has 4 saturated carbocycles. The number of anilines is 3. The molecule has 0 atom stereocenters. The maximum absolute atomic E-state index is 2.61. The summed E-state index contributed by atoms with van der Waals surface area (Å²) in [7, 11) is 0. The van der Waals surface area contributed by atoms with Crippen LogP contribution >= 0.6 is 0 Å². The van der Waals surface area contributed by atoms with Crippen molar-refractivity contribution >= 4 is 49.4 Å². The Morgan fingerprint density at radius 3 is 1.38 bits per heavy atom. The van der Waals surface area contributed by atoms with E-state index in [1.54, 1.807) is 11.1 Å². The van der Waals surface area contributed by atoms with Gasteiger partial charge in [0.05, 0.1) is 0 Å². The minimum absolute atomic E-state index is 0.179. The standard InChI is InChI=1S/C70H53N/c1-2-10-53-42-54(22-21-47(53)9-1)51-25-32-60(33-26-51)71(61-34-27-52(28-35-61)67-43-56-11-3-4-12-62(56)63-13-5-6-14-64(63)67)59-30-23-49(24-31-59)48-17-19-50(20-18-48)55-29-36-66-65-15-7-8-16-68(65)70(69(66)44-55)57-38-45-37-46(40-57)41-58(70)39-45/h1-36,42-46,57-58H,37-41H2. The molecule has 4 bridgehead atoms. The molecule has 5 aliphatic rings. The first-order valence-electron chi connectivity index (χ1n) is 26.0. The number of hydrogen-bond donors (Lipinski definition) is 0. The van der Waals surface area contributed by atoms with Crippen LogP contribution in [0.25, 0.3) is 88.0 Å². The van der Waals surface area contributed by atoms with Crippen LogP contribution in [0.4, 0.5) is 17.1 Å². The first-order valence-corrected chi connectivity index (χ1v) is 26.0. The van der Waals surface area contributed by atoms with Crippen LogP contribution in [0.3, 0.4) is 0 Å². The summed E-state index contributed by atoms with van der Waals surface area (Å²) in [5, 5.41) is 7.62. The second-order valence-corrected chi connectivity index (χ2v) is 21.3. The van der Waals surface area contributed by atoms with Gasteiger partial charge < -0.3 is 4.90 Å². The Hall–Kier alpha value is -8.00. The number of rotatable bonds is 7. The second-order valence-electron chi connectivity index (χ2n) is 21.3. The zero-order valence-electron chi connectivity index (χ0n) is 39.8. The van der Waals surface area contributed by atoms with E-state index in [1.165, 1.54) is 120 Å². The second kappa shape index (κ2) is 16.0.